The minimum Gasteiger partial charge on any atom is -0.477 e. The van der Waals surface area contributed by atoms with Gasteiger partial charge in [0, 0.05) is 36.0 Å². The number of carbonyl (C=O) groups is 3. The first-order valence-electron chi connectivity index (χ1n) is 8.64. The molecule has 0 unspecified atom stereocenters. The smallest absolute Gasteiger partial charge is 0.353 e. The van der Waals surface area contributed by atoms with Crippen LogP contribution < -0.4 is 0 Å². The number of aliphatic hydroxyl groups is 1. The molecular formula is C18H21N3O5S2. The van der Waals surface area contributed by atoms with Crippen molar-refractivity contribution >= 4 is 47.0 Å². The normalized spacial score (nSPS) is 25.1. The molecule has 1 aromatic rings. The number of hydrogen-bond donors (Lipinski definition) is 2. The molecule has 0 spiro atoms. The van der Waals surface area contributed by atoms with Crippen LogP contribution in [0, 0.1) is 11.8 Å². The number of aliphatic hydroxyl groups excluding tert-OH is 1. The van der Waals surface area contributed by atoms with Gasteiger partial charge in [-0.15, -0.1) is 11.3 Å². The largest absolute Gasteiger partial charge is 0.477 e. The lowest BCUT2D eigenvalue weighted by Gasteiger charge is -2.46. The summed E-state index contributed by atoms with van der Waals surface area (Å²) >= 11 is 2.48. The third-order valence-corrected chi connectivity index (χ3v) is 6.89. The predicted molar refractivity (Wildman–Crippen MR) is 106 cm³/mol. The van der Waals surface area contributed by atoms with Crippen LogP contribution in [-0.2, 0) is 9.59 Å². The molecule has 4 atom stereocenters. The van der Waals surface area contributed by atoms with Gasteiger partial charge in [-0.05, 0) is 18.4 Å². The van der Waals surface area contributed by atoms with Crippen molar-refractivity contribution in [2.45, 2.75) is 26.0 Å². The minimum absolute atomic E-state index is 0.0122. The summed E-state index contributed by atoms with van der Waals surface area (Å²) in [6, 6.07) is -0.331. The second kappa shape index (κ2) is 7.69. The first kappa shape index (κ1) is 20.6. The van der Waals surface area contributed by atoms with Gasteiger partial charge in [-0.2, -0.15) is 0 Å². The second-order valence-corrected chi connectivity index (χ2v) is 8.97. The molecule has 0 bridgehead atoms. The number of thiazole rings is 1. The summed E-state index contributed by atoms with van der Waals surface area (Å²) in [7, 11) is 3.31. The van der Waals surface area contributed by atoms with E-state index < -0.39 is 18.0 Å². The Morgan fingerprint density at radius 2 is 2.11 bits per heavy atom. The highest BCUT2D eigenvalue weighted by atomic mass is 32.2. The maximum atomic E-state index is 12.3. The molecule has 0 saturated carbocycles. The average molecular weight is 424 g/mol. The lowest BCUT2D eigenvalue weighted by molar-refractivity contribution is -0.163. The number of rotatable bonds is 6. The van der Waals surface area contributed by atoms with E-state index >= 15 is 0 Å². The van der Waals surface area contributed by atoms with Gasteiger partial charge in [-0.25, -0.2) is 9.78 Å². The van der Waals surface area contributed by atoms with Crippen molar-refractivity contribution in [2.24, 2.45) is 11.8 Å². The van der Waals surface area contributed by atoms with Crippen LogP contribution in [0.2, 0.25) is 0 Å². The van der Waals surface area contributed by atoms with Crippen molar-refractivity contribution in [3.8, 4) is 0 Å². The number of nitrogens with zero attached hydrogens (tertiary/aromatic N) is 3. The quantitative estimate of drug-likeness (QED) is 0.670. The van der Waals surface area contributed by atoms with E-state index in [4.69, 9.17) is 0 Å². The maximum Gasteiger partial charge on any atom is 0.353 e. The van der Waals surface area contributed by atoms with Gasteiger partial charge in [0.15, 0.2) is 5.01 Å². The fraction of sp³-hybridized carbons (Fsp3) is 0.444. The number of fused-ring (bicyclic) bond motifs is 1. The SMILES string of the molecule is C[C@@H](O)[C@H]1C(=O)N2C(C(=O)O)=C(S/C=C\c3cnc(C(=O)N(C)C)s3)[C@H](C)[C@H]12. The number of thioether (sulfide) groups is 1. The monoisotopic (exact) mass is 423 g/mol. The van der Waals surface area contributed by atoms with Crippen LogP contribution in [0.4, 0.5) is 0 Å². The van der Waals surface area contributed by atoms with E-state index in [1.807, 2.05) is 6.92 Å². The number of β-lactam (4-membered cyclic amide) rings is 1. The van der Waals surface area contributed by atoms with E-state index in [9.17, 15) is 24.6 Å². The lowest BCUT2D eigenvalue weighted by Crippen LogP contribution is -2.63. The van der Waals surface area contributed by atoms with Crippen LogP contribution in [0.3, 0.4) is 0 Å². The number of aromatic nitrogens is 1. The van der Waals surface area contributed by atoms with Crippen LogP contribution in [-0.4, -0.2) is 69.0 Å². The van der Waals surface area contributed by atoms with Crippen LogP contribution >= 0.6 is 23.1 Å². The fourth-order valence-corrected chi connectivity index (χ4v) is 5.45. The summed E-state index contributed by atoms with van der Waals surface area (Å²) in [6.07, 6.45) is 2.52. The van der Waals surface area contributed by atoms with Gasteiger partial charge in [0.05, 0.1) is 18.1 Å². The number of carboxylic acids is 1. The van der Waals surface area contributed by atoms with Crippen molar-refractivity contribution in [1.82, 2.24) is 14.8 Å². The molecule has 3 heterocycles. The Bertz CT molecular complexity index is 890. The highest BCUT2D eigenvalue weighted by Gasteiger charge is 2.59. The molecule has 1 aromatic heterocycles. The zero-order valence-corrected chi connectivity index (χ0v) is 17.5. The van der Waals surface area contributed by atoms with Crippen molar-refractivity contribution in [1.29, 1.82) is 0 Å². The molecule has 0 aliphatic carbocycles. The Hall–Kier alpha value is -2.17. The Balaban J connectivity index is 1.78. The Morgan fingerprint density at radius 1 is 1.43 bits per heavy atom. The van der Waals surface area contributed by atoms with E-state index in [0.717, 1.165) is 4.88 Å². The summed E-state index contributed by atoms with van der Waals surface area (Å²) in [5.74, 6) is -2.44. The van der Waals surface area contributed by atoms with Gasteiger partial charge in [0.1, 0.15) is 5.70 Å². The van der Waals surface area contributed by atoms with E-state index in [2.05, 4.69) is 4.98 Å². The Labute approximate surface area is 170 Å². The molecule has 150 valence electrons. The summed E-state index contributed by atoms with van der Waals surface area (Å²) in [5.41, 5.74) is -0.0122. The van der Waals surface area contributed by atoms with Gasteiger partial charge in [-0.3, -0.25) is 9.59 Å². The highest BCUT2D eigenvalue weighted by molar-refractivity contribution is 8.06. The molecule has 2 N–H and O–H groups in total. The summed E-state index contributed by atoms with van der Waals surface area (Å²) < 4.78 is 0. The summed E-state index contributed by atoms with van der Waals surface area (Å²) in [5, 5.41) is 21.6. The summed E-state index contributed by atoms with van der Waals surface area (Å²) in [6.45, 7) is 3.42. The Morgan fingerprint density at radius 3 is 2.68 bits per heavy atom. The van der Waals surface area contributed by atoms with Gasteiger partial charge in [-0.1, -0.05) is 18.7 Å². The molecule has 0 aromatic carbocycles. The van der Waals surface area contributed by atoms with Crippen molar-refractivity contribution in [3.05, 3.63) is 32.1 Å². The molecule has 2 amide bonds. The van der Waals surface area contributed by atoms with Crippen LogP contribution in [0.5, 0.6) is 0 Å². The van der Waals surface area contributed by atoms with E-state index in [1.54, 1.807) is 38.7 Å². The minimum atomic E-state index is -1.15. The molecule has 10 heteroatoms. The van der Waals surface area contributed by atoms with Gasteiger partial charge >= 0.3 is 5.97 Å². The van der Waals surface area contributed by atoms with Crippen LogP contribution in [0.15, 0.2) is 22.2 Å². The molecule has 1 saturated heterocycles. The molecule has 2 aliphatic heterocycles. The maximum absolute atomic E-state index is 12.3. The number of amides is 2. The Kier molecular flexibility index (Phi) is 5.64. The molecule has 2 aliphatic rings. The van der Waals surface area contributed by atoms with Crippen molar-refractivity contribution in [2.75, 3.05) is 14.1 Å². The molecular weight excluding hydrogens is 402 g/mol. The zero-order valence-electron chi connectivity index (χ0n) is 15.8. The molecule has 8 nitrogen and oxygen atoms in total. The molecule has 3 rings (SSSR count). The number of carboxylic acid groups (broad SMARTS) is 1. The molecule has 28 heavy (non-hydrogen) atoms. The van der Waals surface area contributed by atoms with E-state index in [0.29, 0.717) is 9.91 Å². The van der Waals surface area contributed by atoms with Gasteiger partial charge < -0.3 is 20.0 Å². The standard InChI is InChI=1S/C18H21N3O5S2/c1-8-12-11(9(2)22)16(23)21(12)13(18(25)26)14(8)27-6-5-10-7-19-15(28-10)17(24)20(3)4/h5-9,11-12,22H,1-4H3,(H,25,26)/b6-5-/t8-,9-,11-,12-/m1/s1. The van der Waals surface area contributed by atoms with Crippen molar-refractivity contribution < 1.29 is 24.6 Å². The van der Waals surface area contributed by atoms with Crippen molar-refractivity contribution in [3.63, 3.8) is 0 Å². The van der Waals surface area contributed by atoms with Gasteiger partial charge in [0.2, 0.25) is 5.91 Å². The second-order valence-electron chi connectivity index (χ2n) is 6.96. The molecule has 1 fully saturated rings. The number of hydrogen-bond acceptors (Lipinski definition) is 7. The fourth-order valence-electron chi connectivity index (χ4n) is 3.51. The first-order chi connectivity index (χ1) is 13.1. The van der Waals surface area contributed by atoms with E-state index in [-0.39, 0.29) is 29.5 Å². The average Bonchev–Trinajstić information content (AvgIpc) is 3.16. The zero-order chi connectivity index (χ0) is 20.7. The third kappa shape index (κ3) is 3.36. The van der Waals surface area contributed by atoms with Crippen LogP contribution in [0.1, 0.15) is 28.5 Å². The number of aliphatic carboxylic acids is 1. The van der Waals surface area contributed by atoms with E-state index in [1.165, 1.54) is 32.9 Å². The molecule has 0 radical (unpaired) electrons. The first-order valence-corrected chi connectivity index (χ1v) is 10.3. The predicted octanol–water partition coefficient (Wildman–Crippen LogP) is 1.70. The number of carbonyl (C=O) groups excluding carboxylic acids is 2. The van der Waals surface area contributed by atoms with Crippen LogP contribution in [0.25, 0.3) is 6.08 Å². The summed E-state index contributed by atoms with van der Waals surface area (Å²) in [4.78, 5) is 44.2. The highest BCUT2D eigenvalue weighted by Crippen LogP contribution is 2.50. The topological polar surface area (TPSA) is 111 Å². The lowest BCUT2D eigenvalue weighted by atomic mass is 9.79. The van der Waals surface area contributed by atoms with Gasteiger partial charge in [0.25, 0.3) is 5.91 Å². The third-order valence-electron chi connectivity index (χ3n) is 4.85.